The molecule has 0 saturated carbocycles. The highest BCUT2D eigenvalue weighted by molar-refractivity contribution is 5.69. The molecule has 0 spiro atoms. The molecule has 0 aliphatic carbocycles. The summed E-state index contributed by atoms with van der Waals surface area (Å²) in [5.74, 6) is -0.235. The number of carbonyl (C=O) groups excluding carboxylic acids is 1. The van der Waals surface area contributed by atoms with E-state index in [0.29, 0.717) is 13.0 Å². The minimum Gasteiger partial charge on any atom is -0.466 e. The molecule has 0 aromatic heterocycles. The number of esters is 1. The zero-order chi connectivity index (χ0) is 31.3. The number of allylic oxidation sites excluding steroid dienone is 4. The molecule has 3 nitrogen and oxygen atoms in total. The summed E-state index contributed by atoms with van der Waals surface area (Å²) in [6.07, 6.45) is 47.1. The Morgan fingerprint density at radius 2 is 0.814 bits per heavy atom. The first-order chi connectivity index (χ1) is 21.2. The Morgan fingerprint density at radius 1 is 0.488 bits per heavy atom. The van der Waals surface area contributed by atoms with E-state index < -0.39 is 6.10 Å². The molecule has 0 rings (SSSR count). The molecule has 0 aliphatic heterocycles. The molecule has 0 aliphatic rings. The van der Waals surface area contributed by atoms with Crippen molar-refractivity contribution in [2.75, 3.05) is 6.61 Å². The number of hydrogen-bond donors (Lipinski definition) is 1. The van der Waals surface area contributed by atoms with E-state index in [9.17, 15) is 9.90 Å². The monoisotopic (exact) mass is 605 g/mol. The van der Waals surface area contributed by atoms with Crippen LogP contribution in [0.5, 0.6) is 0 Å². The van der Waals surface area contributed by atoms with E-state index in [1.54, 1.807) is 0 Å². The van der Waals surface area contributed by atoms with Gasteiger partial charge in [-0.2, -0.15) is 0 Å². The molecule has 1 unspecified atom stereocenters. The van der Waals surface area contributed by atoms with E-state index in [2.05, 4.69) is 38.2 Å². The van der Waals surface area contributed by atoms with Crippen LogP contribution in [0.1, 0.15) is 213 Å². The summed E-state index contributed by atoms with van der Waals surface area (Å²) in [6, 6.07) is 0. The van der Waals surface area contributed by atoms with Crippen LogP contribution in [-0.4, -0.2) is 23.8 Å². The van der Waals surface area contributed by atoms with Crippen LogP contribution in [0.15, 0.2) is 24.3 Å². The lowest BCUT2D eigenvalue weighted by atomic mass is 10.0. The number of unbranched alkanes of at least 4 members (excludes halogenated alkanes) is 25. The van der Waals surface area contributed by atoms with Gasteiger partial charge in [0.2, 0.25) is 0 Å². The van der Waals surface area contributed by atoms with Gasteiger partial charge in [0.25, 0.3) is 0 Å². The molecule has 3 heteroatoms. The van der Waals surface area contributed by atoms with Crippen molar-refractivity contribution in [3.63, 3.8) is 0 Å². The Morgan fingerprint density at radius 3 is 1.21 bits per heavy atom. The summed E-state index contributed by atoms with van der Waals surface area (Å²) in [7, 11) is 0. The van der Waals surface area contributed by atoms with E-state index in [-0.39, 0.29) is 12.4 Å². The number of rotatable bonds is 35. The van der Waals surface area contributed by atoms with Crippen molar-refractivity contribution in [2.45, 2.75) is 219 Å². The van der Waals surface area contributed by atoms with E-state index >= 15 is 0 Å². The fourth-order valence-electron chi connectivity index (χ4n) is 5.69. The SMILES string of the molecule is CCCCCCCC/C=C\CCCCCCCCCC(O)CC(=O)OCCCCCCCC/C=C\CCCCCCCC. The van der Waals surface area contributed by atoms with Crippen molar-refractivity contribution < 1.29 is 14.6 Å². The zero-order valence-corrected chi connectivity index (χ0v) is 29.3. The molecule has 0 aromatic carbocycles. The van der Waals surface area contributed by atoms with Crippen LogP contribution in [0.25, 0.3) is 0 Å². The van der Waals surface area contributed by atoms with Crippen molar-refractivity contribution in [3.8, 4) is 0 Å². The van der Waals surface area contributed by atoms with Crippen LogP contribution >= 0.6 is 0 Å². The second-order valence-electron chi connectivity index (χ2n) is 13.1. The largest absolute Gasteiger partial charge is 0.466 e. The first-order valence-electron chi connectivity index (χ1n) is 19.3. The lowest BCUT2D eigenvalue weighted by Gasteiger charge is -2.10. The van der Waals surface area contributed by atoms with Crippen LogP contribution < -0.4 is 0 Å². The van der Waals surface area contributed by atoms with Crippen LogP contribution in [0, 0.1) is 0 Å². The lowest BCUT2D eigenvalue weighted by molar-refractivity contribution is -0.146. The van der Waals surface area contributed by atoms with Gasteiger partial charge < -0.3 is 9.84 Å². The summed E-state index contributed by atoms with van der Waals surface area (Å²) in [5, 5.41) is 10.2. The highest BCUT2D eigenvalue weighted by Gasteiger charge is 2.11. The molecular weight excluding hydrogens is 528 g/mol. The van der Waals surface area contributed by atoms with Gasteiger partial charge in [-0.1, -0.05) is 167 Å². The summed E-state index contributed by atoms with van der Waals surface area (Å²) in [6.45, 7) is 5.05. The third-order valence-corrected chi connectivity index (χ3v) is 8.62. The quantitative estimate of drug-likeness (QED) is 0.0444. The predicted molar refractivity (Wildman–Crippen MR) is 190 cm³/mol. The van der Waals surface area contributed by atoms with Gasteiger partial charge in [-0.25, -0.2) is 0 Å². The minimum atomic E-state index is -0.546. The Hall–Kier alpha value is -1.09. The zero-order valence-electron chi connectivity index (χ0n) is 29.3. The Balaban J connectivity index is 3.33. The molecule has 0 heterocycles. The van der Waals surface area contributed by atoms with Crippen LogP contribution in [0.4, 0.5) is 0 Å². The second-order valence-corrected chi connectivity index (χ2v) is 13.1. The van der Waals surface area contributed by atoms with E-state index in [0.717, 1.165) is 25.7 Å². The molecule has 43 heavy (non-hydrogen) atoms. The third kappa shape index (κ3) is 37.0. The Bertz CT molecular complexity index is 597. The molecule has 1 atom stereocenters. The topological polar surface area (TPSA) is 46.5 Å². The van der Waals surface area contributed by atoms with Crippen molar-refractivity contribution >= 4 is 5.97 Å². The van der Waals surface area contributed by atoms with Crippen molar-refractivity contribution in [1.29, 1.82) is 0 Å². The standard InChI is InChI=1S/C40H76O3/c1-3-5-7-9-11-13-15-17-19-21-22-24-26-28-30-32-34-36-39(41)38-40(42)43-37-35-33-31-29-27-25-23-20-18-16-14-12-10-8-6-4-2/h17-20,39,41H,3-16,21-38H2,1-2H3/b19-17-,20-18-. The van der Waals surface area contributed by atoms with E-state index in [1.165, 1.54) is 161 Å². The maximum atomic E-state index is 12.0. The normalized spacial score (nSPS) is 12.5. The minimum absolute atomic E-state index is 0.152. The summed E-state index contributed by atoms with van der Waals surface area (Å²) >= 11 is 0. The first kappa shape index (κ1) is 41.9. The van der Waals surface area contributed by atoms with Crippen molar-refractivity contribution in [1.82, 2.24) is 0 Å². The number of carbonyl (C=O) groups is 1. The van der Waals surface area contributed by atoms with Crippen LogP contribution in [0.3, 0.4) is 0 Å². The molecule has 0 aromatic rings. The highest BCUT2D eigenvalue weighted by atomic mass is 16.5. The molecule has 0 bridgehead atoms. The van der Waals surface area contributed by atoms with Gasteiger partial charge >= 0.3 is 5.97 Å². The fraction of sp³-hybridized carbons (Fsp3) is 0.875. The third-order valence-electron chi connectivity index (χ3n) is 8.62. The smallest absolute Gasteiger partial charge is 0.308 e. The van der Waals surface area contributed by atoms with Gasteiger partial charge in [0.1, 0.15) is 0 Å². The predicted octanol–water partition coefficient (Wildman–Crippen LogP) is 13.1. The fourth-order valence-corrected chi connectivity index (χ4v) is 5.69. The molecule has 0 saturated heterocycles. The number of aliphatic hydroxyl groups is 1. The molecule has 1 N–H and O–H groups in total. The molecule has 254 valence electrons. The summed E-state index contributed by atoms with van der Waals surface area (Å²) in [4.78, 5) is 12.0. The average molecular weight is 605 g/mol. The lowest BCUT2D eigenvalue weighted by Crippen LogP contribution is -2.16. The van der Waals surface area contributed by atoms with Crippen LogP contribution in [-0.2, 0) is 9.53 Å². The number of ether oxygens (including phenoxy) is 1. The molecule has 0 fully saturated rings. The van der Waals surface area contributed by atoms with Gasteiger partial charge in [0, 0.05) is 0 Å². The van der Waals surface area contributed by atoms with Gasteiger partial charge in [0.05, 0.1) is 19.1 Å². The van der Waals surface area contributed by atoms with Gasteiger partial charge in [0.15, 0.2) is 0 Å². The summed E-state index contributed by atoms with van der Waals surface area (Å²) in [5.41, 5.74) is 0. The van der Waals surface area contributed by atoms with Crippen molar-refractivity contribution in [3.05, 3.63) is 24.3 Å². The second kappa shape index (κ2) is 37.1. The Labute approximate surface area is 270 Å². The van der Waals surface area contributed by atoms with Gasteiger partial charge in [-0.3, -0.25) is 4.79 Å². The van der Waals surface area contributed by atoms with E-state index in [1.807, 2.05) is 0 Å². The molecule has 0 amide bonds. The molecular formula is C40H76O3. The van der Waals surface area contributed by atoms with Crippen molar-refractivity contribution in [2.24, 2.45) is 0 Å². The highest BCUT2D eigenvalue weighted by Crippen LogP contribution is 2.14. The first-order valence-corrected chi connectivity index (χ1v) is 19.3. The number of aliphatic hydroxyl groups excluding tert-OH is 1. The maximum Gasteiger partial charge on any atom is 0.308 e. The summed E-state index contributed by atoms with van der Waals surface area (Å²) < 4.78 is 5.36. The molecule has 0 radical (unpaired) electrons. The van der Waals surface area contributed by atoms with Gasteiger partial charge in [-0.15, -0.1) is 0 Å². The maximum absolute atomic E-state index is 12.0. The Kier molecular flexibility index (Phi) is 36.2. The number of hydrogen-bond acceptors (Lipinski definition) is 3. The van der Waals surface area contributed by atoms with E-state index in [4.69, 9.17) is 4.74 Å². The van der Waals surface area contributed by atoms with Crippen LogP contribution in [0.2, 0.25) is 0 Å². The average Bonchev–Trinajstić information content (AvgIpc) is 3.00. The van der Waals surface area contributed by atoms with Gasteiger partial charge in [-0.05, 0) is 64.2 Å².